The van der Waals surface area contributed by atoms with Gasteiger partial charge in [-0.15, -0.1) is 0 Å². The minimum atomic E-state index is 0.319. The molecule has 1 fully saturated rings. The van der Waals surface area contributed by atoms with E-state index in [1.807, 2.05) is 4.90 Å². The molecule has 0 saturated carbocycles. The molecule has 0 N–H and O–H groups in total. The van der Waals surface area contributed by atoms with Crippen molar-refractivity contribution in [1.29, 1.82) is 0 Å². The van der Waals surface area contributed by atoms with E-state index in [2.05, 4.69) is 29.8 Å². The van der Waals surface area contributed by atoms with Gasteiger partial charge >= 0.3 is 0 Å². The number of unbranched alkanes of at least 4 members (excludes halogenated alkanes) is 3. The number of nitrogens with zero attached hydrogens (tertiary/aromatic N) is 1. The Balaban J connectivity index is 2.21. The number of alkyl halides is 1. The minimum absolute atomic E-state index is 0.319. The Labute approximate surface area is 102 Å². The zero-order valence-electron chi connectivity index (χ0n) is 9.84. The zero-order chi connectivity index (χ0) is 11.3. The van der Waals surface area contributed by atoms with Crippen LogP contribution in [-0.2, 0) is 4.79 Å². The molecule has 1 saturated heterocycles. The predicted octanol–water partition coefficient (Wildman–Crippen LogP) is 3.34. The molecular weight excluding hydrogens is 254 g/mol. The highest BCUT2D eigenvalue weighted by Gasteiger charge is 2.30. The van der Waals surface area contributed by atoms with Crippen LogP contribution >= 0.6 is 15.9 Å². The molecule has 0 aromatic rings. The lowest BCUT2D eigenvalue weighted by Gasteiger charge is -2.24. The highest BCUT2D eigenvalue weighted by molar-refractivity contribution is 9.09. The first-order valence-corrected chi connectivity index (χ1v) is 7.00. The third kappa shape index (κ3) is 4.13. The number of hydrogen-bond donors (Lipinski definition) is 0. The monoisotopic (exact) mass is 275 g/mol. The van der Waals surface area contributed by atoms with Crippen molar-refractivity contribution >= 4 is 21.8 Å². The van der Waals surface area contributed by atoms with Gasteiger partial charge in [-0.3, -0.25) is 4.79 Å². The molecule has 0 spiro atoms. The van der Waals surface area contributed by atoms with Crippen molar-refractivity contribution in [2.75, 3.05) is 6.54 Å². The molecule has 1 aliphatic heterocycles. The van der Waals surface area contributed by atoms with Gasteiger partial charge in [-0.1, -0.05) is 48.5 Å². The van der Waals surface area contributed by atoms with E-state index >= 15 is 0 Å². The molecule has 3 heteroatoms. The molecule has 0 aromatic heterocycles. The second-order valence-electron chi connectivity index (χ2n) is 4.55. The van der Waals surface area contributed by atoms with Gasteiger partial charge in [0, 0.05) is 23.8 Å². The summed E-state index contributed by atoms with van der Waals surface area (Å²) in [6.45, 7) is 5.30. The van der Waals surface area contributed by atoms with Gasteiger partial charge < -0.3 is 4.90 Å². The minimum Gasteiger partial charge on any atom is -0.339 e. The summed E-state index contributed by atoms with van der Waals surface area (Å²) in [6.07, 6.45) is 7.00. The lowest BCUT2D eigenvalue weighted by molar-refractivity contribution is -0.129. The number of amides is 1. The molecule has 0 aromatic carbocycles. The molecule has 2 unspecified atom stereocenters. The number of carbonyl (C=O) groups excluding carboxylic acids is 1. The molecule has 0 aliphatic carbocycles. The maximum Gasteiger partial charge on any atom is 0.224 e. The lowest BCUT2D eigenvalue weighted by atomic mass is 10.1. The Hall–Kier alpha value is -0.0500. The molecule has 1 amide bonds. The van der Waals surface area contributed by atoms with E-state index in [9.17, 15) is 4.79 Å². The van der Waals surface area contributed by atoms with E-state index < -0.39 is 0 Å². The first-order valence-electron chi connectivity index (χ1n) is 6.08. The first-order chi connectivity index (χ1) is 7.15. The summed E-state index contributed by atoms with van der Waals surface area (Å²) in [7, 11) is 0. The molecule has 1 aliphatic rings. The summed E-state index contributed by atoms with van der Waals surface area (Å²) >= 11 is 3.52. The van der Waals surface area contributed by atoms with Gasteiger partial charge in [-0.05, 0) is 13.3 Å². The standard InChI is InChI=1S/C12H22BrNO/c1-3-4-5-6-7-10(2)14-9-11(13)8-12(14)15/h10-11H,3-9H2,1-2H3. The van der Waals surface area contributed by atoms with Crippen molar-refractivity contribution in [3.63, 3.8) is 0 Å². The maximum atomic E-state index is 11.6. The Morgan fingerprint density at radius 2 is 2.20 bits per heavy atom. The molecule has 2 nitrogen and oxygen atoms in total. The SMILES string of the molecule is CCCCCCC(C)N1CC(Br)CC1=O. The lowest BCUT2D eigenvalue weighted by Crippen LogP contribution is -2.34. The highest BCUT2D eigenvalue weighted by atomic mass is 79.9. The quantitative estimate of drug-likeness (QED) is 0.538. The van der Waals surface area contributed by atoms with Crippen LogP contribution in [0.1, 0.15) is 52.4 Å². The zero-order valence-corrected chi connectivity index (χ0v) is 11.4. The smallest absolute Gasteiger partial charge is 0.224 e. The molecule has 1 heterocycles. The van der Waals surface area contributed by atoms with Gasteiger partial charge in [0.15, 0.2) is 0 Å². The molecule has 15 heavy (non-hydrogen) atoms. The topological polar surface area (TPSA) is 20.3 Å². The van der Waals surface area contributed by atoms with Crippen molar-refractivity contribution in [3.05, 3.63) is 0 Å². The molecule has 0 bridgehead atoms. The van der Waals surface area contributed by atoms with Crippen molar-refractivity contribution in [2.45, 2.75) is 63.2 Å². The number of halogens is 1. The number of likely N-dealkylation sites (tertiary alicyclic amines) is 1. The summed E-state index contributed by atoms with van der Waals surface area (Å²) in [6, 6.07) is 0.428. The van der Waals surface area contributed by atoms with Crippen molar-refractivity contribution < 1.29 is 4.79 Å². The van der Waals surface area contributed by atoms with Gasteiger partial charge in [0.05, 0.1) is 0 Å². The fraction of sp³-hybridized carbons (Fsp3) is 0.917. The van der Waals surface area contributed by atoms with Crippen LogP contribution in [0.5, 0.6) is 0 Å². The van der Waals surface area contributed by atoms with Gasteiger partial charge in [-0.2, -0.15) is 0 Å². The maximum absolute atomic E-state index is 11.6. The molecule has 1 rings (SSSR count). The number of rotatable bonds is 6. The van der Waals surface area contributed by atoms with Gasteiger partial charge in [0.25, 0.3) is 0 Å². The van der Waals surface area contributed by atoms with Crippen LogP contribution in [0.4, 0.5) is 0 Å². The van der Waals surface area contributed by atoms with E-state index in [1.165, 1.54) is 25.7 Å². The Morgan fingerprint density at radius 3 is 2.73 bits per heavy atom. The normalized spacial score (nSPS) is 23.5. The second kappa shape index (κ2) is 6.51. The summed E-state index contributed by atoms with van der Waals surface area (Å²) in [5, 5.41) is 0. The van der Waals surface area contributed by atoms with Crippen LogP contribution in [0.15, 0.2) is 0 Å². The summed E-state index contributed by atoms with van der Waals surface area (Å²) in [5.41, 5.74) is 0. The van der Waals surface area contributed by atoms with Crippen LogP contribution in [0.2, 0.25) is 0 Å². The van der Waals surface area contributed by atoms with Crippen LogP contribution in [0, 0.1) is 0 Å². The van der Waals surface area contributed by atoms with Crippen molar-refractivity contribution in [1.82, 2.24) is 4.90 Å². The van der Waals surface area contributed by atoms with Crippen molar-refractivity contribution in [3.8, 4) is 0 Å². The molecular formula is C12H22BrNO. The fourth-order valence-electron chi connectivity index (χ4n) is 2.13. The summed E-state index contributed by atoms with van der Waals surface area (Å²) in [5.74, 6) is 0.319. The van der Waals surface area contributed by atoms with Crippen molar-refractivity contribution in [2.24, 2.45) is 0 Å². The predicted molar refractivity (Wildman–Crippen MR) is 67.3 cm³/mol. The molecule has 2 atom stereocenters. The van der Waals surface area contributed by atoms with E-state index in [0.29, 0.717) is 23.2 Å². The summed E-state index contributed by atoms with van der Waals surface area (Å²) in [4.78, 5) is 14.0. The average Bonchev–Trinajstić information content (AvgIpc) is 2.52. The van der Waals surface area contributed by atoms with E-state index in [0.717, 1.165) is 13.0 Å². The third-order valence-corrected chi connectivity index (χ3v) is 3.73. The molecule has 0 radical (unpaired) electrons. The van der Waals surface area contributed by atoms with Gasteiger partial charge in [0.1, 0.15) is 0 Å². The highest BCUT2D eigenvalue weighted by Crippen LogP contribution is 2.22. The molecule has 88 valence electrons. The second-order valence-corrected chi connectivity index (χ2v) is 5.84. The van der Waals surface area contributed by atoms with E-state index in [-0.39, 0.29) is 0 Å². The van der Waals surface area contributed by atoms with Gasteiger partial charge in [-0.25, -0.2) is 0 Å². The Morgan fingerprint density at radius 1 is 1.47 bits per heavy atom. The Kier molecular flexibility index (Phi) is 5.65. The van der Waals surface area contributed by atoms with Crippen LogP contribution in [0.3, 0.4) is 0 Å². The number of hydrogen-bond acceptors (Lipinski definition) is 1. The fourth-order valence-corrected chi connectivity index (χ4v) is 2.72. The van der Waals surface area contributed by atoms with Crippen LogP contribution in [-0.4, -0.2) is 28.2 Å². The summed E-state index contributed by atoms with van der Waals surface area (Å²) < 4.78 is 0. The van der Waals surface area contributed by atoms with Crippen LogP contribution in [0.25, 0.3) is 0 Å². The largest absolute Gasteiger partial charge is 0.339 e. The third-order valence-electron chi connectivity index (χ3n) is 3.12. The van der Waals surface area contributed by atoms with Crippen LogP contribution < -0.4 is 0 Å². The number of carbonyl (C=O) groups is 1. The Bertz CT molecular complexity index is 208. The van der Waals surface area contributed by atoms with E-state index in [4.69, 9.17) is 0 Å². The first kappa shape index (κ1) is 13.0. The van der Waals surface area contributed by atoms with E-state index in [1.54, 1.807) is 0 Å². The van der Waals surface area contributed by atoms with Gasteiger partial charge in [0.2, 0.25) is 5.91 Å². The average molecular weight is 276 g/mol.